The maximum Gasteiger partial charge on any atom is 0.180 e. The van der Waals surface area contributed by atoms with E-state index in [1.807, 2.05) is 0 Å². The van der Waals surface area contributed by atoms with Gasteiger partial charge in [-0.05, 0) is 11.8 Å². The van der Waals surface area contributed by atoms with Crippen molar-refractivity contribution in [2.24, 2.45) is 0 Å². The molecule has 0 bridgehead atoms. The highest BCUT2D eigenvalue weighted by Gasteiger charge is 2.02. The van der Waals surface area contributed by atoms with E-state index in [4.69, 9.17) is 5.73 Å². The van der Waals surface area contributed by atoms with Crippen molar-refractivity contribution in [3.8, 4) is 0 Å². The third-order valence-electron chi connectivity index (χ3n) is 1.16. The van der Waals surface area contributed by atoms with Crippen molar-refractivity contribution in [1.82, 2.24) is 20.2 Å². The molecular formula is C6H5N5S2. The lowest BCUT2D eigenvalue weighted by Gasteiger charge is -1.95. The molecule has 7 heteroatoms. The minimum atomic E-state index is 0.412. The van der Waals surface area contributed by atoms with Crippen molar-refractivity contribution >= 4 is 28.9 Å². The SMILES string of the molecule is Nc1cncc(Sc2nncs2)n1. The fourth-order valence-corrected chi connectivity index (χ4v) is 2.10. The molecule has 0 spiro atoms. The summed E-state index contributed by atoms with van der Waals surface area (Å²) >= 11 is 2.86. The molecule has 2 heterocycles. The molecule has 2 N–H and O–H groups in total. The summed E-state index contributed by atoms with van der Waals surface area (Å²) in [5, 5.41) is 8.31. The van der Waals surface area contributed by atoms with Crippen LogP contribution in [-0.4, -0.2) is 20.2 Å². The van der Waals surface area contributed by atoms with Gasteiger partial charge >= 0.3 is 0 Å². The zero-order chi connectivity index (χ0) is 9.10. The third-order valence-corrected chi connectivity index (χ3v) is 2.85. The molecule has 0 fully saturated rings. The average Bonchev–Trinajstić information content (AvgIpc) is 2.57. The Morgan fingerprint density at radius 3 is 3.00 bits per heavy atom. The van der Waals surface area contributed by atoms with E-state index in [9.17, 15) is 0 Å². The summed E-state index contributed by atoms with van der Waals surface area (Å²) in [6.45, 7) is 0. The van der Waals surface area contributed by atoms with E-state index in [2.05, 4.69) is 20.2 Å². The highest BCUT2D eigenvalue weighted by atomic mass is 32.2. The first-order valence-electron chi connectivity index (χ1n) is 3.36. The maximum atomic E-state index is 5.47. The van der Waals surface area contributed by atoms with Crippen molar-refractivity contribution in [2.45, 2.75) is 9.37 Å². The van der Waals surface area contributed by atoms with E-state index in [0.717, 1.165) is 9.37 Å². The van der Waals surface area contributed by atoms with E-state index < -0.39 is 0 Å². The van der Waals surface area contributed by atoms with Crippen LogP contribution in [0.5, 0.6) is 0 Å². The first-order valence-corrected chi connectivity index (χ1v) is 5.06. The van der Waals surface area contributed by atoms with Gasteiger partial charge in [0.2, 0.25) is 0 Å². The van der Waals surface area contributed by atoms with Gasteiger partial charge in [-0.15, -0.1) is 10.2 Å². The summed E-state index contributed by atoms with van der Waals surface area (Å²) in [5.74, 6) is 0.412. The van der Waals surface area contributed by atoms with Gasteiger partial charge in [-0.3, -0.25) is 4.98 Å². The Bertz CT molecular complexity index is 388. The fraction of sp³-hybridized carbons (Fsp3) is 0. The second-order valence-electron chi connectivity index (χ2n) is 2.09. The zero-order valence-corrected chi connectivity index (χ0v) is 8.05. The molecule has 0 atom stereocenters. The summed E-state index contributed by atoms with van der Waals surface area (Å²) in [5.41, 5.74) is 7.14. The second kappa shape index (κ2) is 3.67. The minimum Gasteiger partial charge on any atom is -0.382 e. The van der Waals surface area contributed by atoms with Crippen LogP contribution in [0.1, 0.15) is 0 Å². The molecule has 0 amide bonds. The fourth-order valence-electron chi connectivity index (χ4n) is 0.708. The van der Waals surface area contributed by atoms with Crippen LogP contribution in [0, 0.1) is 0 Å². The lowest BCUT2D eigenvalue weighted by molar-refractivity contribution is 1.00. The highest BCUT2D eigenvalue weighted by molar-refractivity contribution is 8.00. The predicted octanol–water partition coefficient (Wildman–Crippen LogP) is 1.06. The summed E-state index contributed by atoms with van der Waals surface area (Å²) in [6, 6.07) is 0. The van der Waals surface area contributed by atoms with Crippen molar-refractivity contribution < 1.29 is 0 Å². The van der Waals surface area contributed by atoms with E-state index >= 15 is 0 Å². The van der Waals surface area contributed by atoms with Gasteiger partial charge in [0.15, 0.2) is 4.34 Å². The van der Waals surface area contributed by atoms with Gasteiger partial charge in [-0.2, -0.15) is 0 Å². The Balaban J connectivity index is 2.19. The predicted molar refractivity (Wildman–Crippen MR) is 50.5 cm³/mol. The molecule has 0 aliphatic heterocycles. The number of nitrogens with two attached hydrogens (primary N) is 1. The normalized spacial score (nSPS) is 10.2. The van der Waals surface area contributed by atoms with Crippen LogP contribution in [0.3, 0.4) is 0 Å². The lowest BCUT2D eigenvalue weighted by atomic mass is 10.7. The third kappa shape index (κ3) is 2.13. The smallest absolute Gasteiger partial charge is 0.180 e. The van der Waals surface area contributed by atoms with E-state index in [1.165, 1.54) is 29.3 Å². The number of rotatable bonds is 2. The summed E-state index contributed by atoms with van der Waals surface area (Å²) in [6.07, 6.45) is 3.15. The van der Waals surface area contributed by atoms with Crippen LogP contribution in [-0.2, 0) is 0 Å². The molecule has 66 valence electrons. The monoisotopic (exact) mass is 211 g/mol. The maximum absolute atomic E-state index is 5.47. The standard InChI is InChI=1S/C6H5N5S2/c7-4-1-8-2-5(10-4)13-6-11-9-3-12-6/h1-3H,(H2,7,10). The van der Waals surface area contributed by atoms with Gasteiger partial charge < -0.3 is 5.73 Å². The second-order valence-corrected chi connectivity index (χ2v) is 4.19. The van der Waals surface area contributed by atoms with Crippen LogP contribution in [0.2, 0.25) is 0 Å². The summed E-state index contributed by atoms with van der Waals surface area (Å²) in [4.78, 5) is 7.98. The highest BCUT2D eigenvalue weighted by Crippen LogP contribution is 2.26. The minimum absolute atomic E-state index is 0.412. The van der Waals surface area contributed by atoms with Crippen molar-refractivity contribution in [1.29, 1.82) is 0 Å². The van der Waals surface area contributed by atoms with E-state index in [-0.39, 0.29) is 0 Å². The number of anilines is 1. The average molecular weight is 211 g/mol. The van der Waals surface area contributed by atoms with Gasteiger partial charge in [-0.1, -0.05) is 11.3 Å². The zero-order valence-electron chi connectivity index (χ0n) is 6.41. The van der Waals surface area contributed by atoms with Gasteiger partial charge in [0.05, 0.1) is 12.4 Å². The van der Waals surface area contributed by atoms with Crippen molar-refractivity contribution in [3.63, 3.8) is 0 Å². The topological polar surface area (TPSA) is 77.6 Å². The Hall–Kier alpha value is -1.21. The number of nitrogen functional groups attached to an aromatic ring is 1. The molecule has 0 saturated carbocycles. The van der Waals surface area contributed by atoms with Gasteiger partial charge in [-0.25, -0.2) is 4.98 Å². The molecule has 13 heavy (non-hydrogen) atoms. The quantitative estimate of drug-likeness (QED) is 0.800. The van der Waals surface area contributed by atoms with E-state index in [0.29, 0.717) is 5.82 Å². The van der Waals surface area contributed by atoms with Crippen molar-refractivity contribution in [3.05, 3.63) is 17.9 Å². The molecule has 0 unspecified atom stereocenters. The van der Waals surface area contributed by atoms with Crippen LogP contribution in [0.4, 0.5) is 5.82 Å². The van der Waals surface area contributed by atoms with Crippen LogP contribution < -0.4 is 5.73 Å². The Morgan fingerprint density at radius 2 is 2.31 bits per heavy atom. The van der Waals surface area contributed by atoms with Crippen LogP contribution >= 0.6 is 23.1 Å². The number of aromatic nitrogens is 4. The molecule has 0 aliphatic carbocycles. The van der Waals surface area contributed by atoms with Crippen molar-refractivity contribution in [2.75, 3.05) is 5.73 Å². The number of hydrogen-bond donors (Lipinski definition) is 1. The Morgan fingerprint density at radius 1 is 1.38 bits per heavy atom. The van der Waals surface area contributed by atoms with Crippen LogP contribution in [0.25, 0.3) is 0 Å². The molecule has 0 saturated heterocycles. The largest absolute Gasteiger partial charge is 0.382 e. The van der Waals surface area contributed by atoms with Gasteiger partial charge in [0.25, 0.3) is 0 Å². The van der Waals surface area contributed by atoms with Gasteiger partial charge in [0, 0.05) is 0 Å². The first kappa shape index (κ1) is 8.39. The Labute approximate surface area is 82.4 Å². The lowest BCUT2D eigenvalue weighted by Crippen LogP contribution is -1.91. The molecule has 2 aromatic heterocycles. The summed E-state index contributed by atoms with van der Waals surface area (Å²) < 4.78 is 0.833. The Kier molecular flexibility index (Phi) is 2.37. The molecule has 2 rings (SSSR count). The number of nitrogens with zero attached hydrogens (tertiary/aromatic N) is 4. The van der Waals surface area contributed by atoms with Gasteiger partial charge in [0.1, 0.15) is 16.4 Å². The number of hydrogen-bond acceptors (Lipinski definition) is 7. The molecule has 0 aromatic carbocycles. The first-order chi connectivity index (χ1) is 6.34. The molecule has 0 aliphatic rings. The molecule has 5 nitrogen and oxygen atoms in total. The molecule has 0 radical (unpaired) electrons. The molecular weight excluding hydrogens is 206 g/mol. The summed E-state index contributed by atoms with van der Waals surface area (Å²) in [7, 11) is 0. The van der Waals surface area contributed by atoms with E-state index in [1.54, 1.807) is 11.7 Å². The molecule has 2 aromatic rings. The van der Waals surface area contributed by atoms with Crippen LogP contribution in [0.15, 0.2) is 27.3 Å².